The van der Waals surface area contributed by atoms with Crippen LogP contribution in [0.15, 0.2) is 12.2 Å². The molecule has 0 spiro atoms. The van der Waals surface area contributed by atoms with Crippen molar-refractivity contribution >= 4 is 18.3 Å². The number of aldehydes is 1. The van der Waals surface area contributed by atoms with Gasteiger partial charge in [-0.15, -0.1) is 0 Å². The highest BCUT2D eigenvalue weighted by atomic mass is 16.6. The number of nitrogens with zero attached hydrogens (tertiary/aromatic N) is 1. The number of rotatable bonds is 6. The van der Waals surface area contributed by atoms with Crippen molar-refractivity contribution in [3.05, 3.63) is 12.2 Å². The van der Waals surface area contributed by atoms with Crippen molar-refractivity contribution in [1.29, 1.82) is 0 Å². The van der Waals surface area contributed by atoms with Crippen LogP contribution in [0.5, 0.6) is 0 Å². The van der Waals surface area contributed by atoms with E-state index in [1.165, 1.54) is 0 Å². The molecule has 1 heterocycles. The molecule has 6 heteroatoms. The van der Waals surface area contributed by atoms with Crippen LogP contribution >= 0.6 is 0 Å². The molecule has 1 aliphatic rings. The number of amides is 2. The standard InChI is InChI=1S/C15H24N2O4/c1-10(2)12(4)21-15(20)16-9-14(19)17-7-5-11(3)13(17)6-8-18/h8,10,12-13H,3,5-7,9H2,1-2,4H3,(H,16,20)/t12?,13-/m1/s1. The molecule has 1 fully saturated rings. The second-order valence-electron chi connectivity index (χ2n) is 5.62. The molecule has 1 saturated heterocycles. The second kappa shape index (κ2) is 7.81. The van der Waals surface area contributed by atoms with Crippen molar-refractivity contribution < 1.29 is 19.1 Å². The predicted octanol–water partition coefficient (Wildman–Crippen LogP) is 1.50. The number of carbonyl (C=O) groups excluding carboxylic acids is 3. The first kappa shape index (κ1) is 17.2. The summed E-state index contributed by atoms with van der Waals surface area (Å²) in [6, 6.07) is -0.248. The molecule has 0 bridgehead atoms. The van der Waals surface area contributed by atoms with Crippen molar-refractivity contribution in [3.63, 3.8) is 0 Å². The van der Waals surface area contributed by atoms with Gasteiger partial charge in [0.05, 0.1) is 6.04 Å². The Bertz CT molecular complexity index is 420. The maximum Gasteiger partial charge on any atom is 0.407 e. The van der Waals surface area contributed by atoms with Crippen LogP contribution in [0, 0.1) is 5.92 Å². The zero-order chi connectivity index (χ0) is 16.0. The van der Waals surface area contributed by atoms with Gasteiger partial charge in [-0.2, -0.15) is 0 Å². The molecule has 0 saturated carbocycles. The molecule has 1 rings (SSSR count). The van der Waals surface area contributed by atoms with Gasteiger partial charge in [0.2, 0.25) is 5.91 Å². The summed E-state index contributed by atoms with van der Waals surface area (Å²) < 4.78 is 5.13. The Hall–Kier alpha value is -1.85. The number of alkyl carbamates (subject to hydrolysis) is 1. The highest BCUT2D eigenvalue weighted by Crippen LogP contribution is 2.23. The van der Waals surface area contributed by atoms with Gasteiger partial charge in [0.25, 0.3) is 0 Å². The summed E-state index contributed by atoms with van der Waals surface area (Å²) in [5, 5.41) is 2.45. The number of carbonyl (C=O) groups is 3. The third-order valence-corrected chi connectivity index (χ3v) is 3.78. The highest BCUT2D eigenvalue weighted by molar-refractivity contribution is 5.83. The molecule has 0 aromatic heterocycles. The van der Waals surface area contributed by atoms with Gasteiger partial charge in [0, 0.05) is 13.0 Å². The number of nitrogens with one attached hydrogen (secondary N) is 1. The molecule has 0 aliphatic carbocycles. The summed E-state index contributed by atoms with van der Waals surface area (Å²) in [4.78, 5) is 35.9. The maximum atomic E-state index is 12.1. The minimum atomic E-state index is -0.602. The molecule has 1 aliphatic heterocycles. The fourth-order valence-electron chi connectivity index (χ4n) is 2.09. The van der Waals surface area contributed by atoms with Gasteiger partial charge in [-0.3, -0.25) is 4.79 Å². The zero-order valence-corrected chi connectivity index (χ0v) is 12.9. The molecule has 0 aromatic rings. The third kappa shape index (κ3) is 4.88. The van der Waals surface area contributed by atoms with E-state index in [1.54, 1.807) is 11.8 Å². The number of hydrogen-bond acceptors (Lipinski definition) is 4. The van der Waals surface area contributed by atoms with Crippen LogP contribution in [0.4, 0.5) is 4.79 Å². The Balaban J connectivity index is 2.44. The van der Waals surface area contributed by atoms with Gasteiger partial charge in [-0.1, -0.05) is 26.0 Å². The fourth-order valence-corrected chi connectivity index (χ4v) is 2.09. The molecule has 0 aromatic carbocycles. The molecule has 6 nitrogen and oxygen atoms in total. The summed E-state index contributed by atoms with van der Waals surface area (Å²) in [7, 11) is 0. The Morgan fingerprint density at radius 3 is 2.71 bits per heavy atom. The largest absolute Gasteiger partial charge is 0.446 e. The van der Waals surface area contributed by atoms with Crippen LogP contribution in [-0.2, 0) is 14.3 Å². The summed E-state index contributed by atoms with van der Waals surface area (Å²) in [5.41, 5.74) is 0.881. The first-order chi connectivity index (χ1) is 9.86. The minimum Gasteiger partial charge on any atom is -0.446 e. The smallest absolute Gasteiger partial charge is 0.407 e. The lowest BCUT2D eigenvalue weighted by Gasteiger charge is -2.24. The maximum absolute atomic E-state index is 12.1. The van der Waals surface area contributed by atoms with E-state index in [1.807, 2.05) is 13.8 Å². The number of hydrogen-bond donors (Lipinski definition) is 1. The van der Waals surface area contributed by atoms with Crippen molar-refractivity contribution in [2.24, 2.45) is 5.92 Å². The molecule has 1 unspecified atom stereocenters. The average Bonchev–Trinajstić information content (AvgIpc) is 2.78. The number of likely N-dealkylation sites (tertiary alicyclic amines) is 1. The van der Waals surface area contributed by atoms with Crippen molar-refractivity contribution in [1.82, 2.24) is 10.2 Å². The van der Waals surface area contributed by atoms with Crippen LogP contribution in [0.1, 0.15) is 33.6 Å². The lowest BCUT2D eigenvalue weighted by molar-refractivity contribution is -0.131. The van der Waals surface area contributed by atoms with Crippen LogP contribution < -0.4 is 5.32 Å². The molecule has 0 radical (unpaired) electrons. The van der Waals surface area contributed by atoms with Gasteiger partial charge in [-0.25, -0.2) is 4.79 Å². The molecule has 21 heavy (non-hydrogen) atoms. The molecular weight excluding hydrogens is 272 g/mol. The lowest BCUT2D eigenvalue weighted by Crippen LogP contribution is -2.43. The van der Waals surface area contributed by atoms with Crippen molar-refractivity contribution in [2.75, 3.05) is 13.1 Å². The summed E-state index contributed by atoms with van der Waals surface area (Å²) in [6.07, 6.45) is 0.912. The Morgan fingerprint density at radius 1 is 1.48 bits per heavy atom. The number of ether oxygens (including phenoxy) is 1. The normalized spacial score (nSPS) is 19.5. The monoisotopic (exact) mass is 296 g/mol. The zero-order valence-electron chi connectivity index (χ0n) is 12.9. The molecule has 1 N–H and O–H groups in total. The van der Waals surface area contributed by atoms with Crippen molar-refractivity contribution in [3.8, 4) is 0 Å². The predicted molar refractivity (Wildman–Crippen MR) is 78.7 cm³/mol. The van der Waals surface area contributed by atoms with E-state index in [2.05, 4.69) is 11.9 Å². The summed E-state index contributed by atoms with van der Waals surface area (Å²) >= 11 is 0. The second-order valence-corrected chi connectivity index (χ2v) is 5.62. The van der Waals surface area contributed by atoms with E-state index >= 15 is 0 Å². The minimum absolute atomic E-state index is 0.133. The van der Waals surface area contributed by atoms with Crippen LogP contribution in [0.2, 0.25) is 0 Å². The Labute approximate surface area is 125 Å². The van der Waals surface area contributed by atoms with E-state index in [9.17, 15) is 14.4 Å². The van der Waals surface area contributed by atoms with Gasteiger partial charge < -0.3 is 19.7 Å². The fraction of sp³-hybridized carbons (Fsp3) is 0.667. The van der Waals surface area contributed by atoms with Gasteiger partial charge in [-0.05, 0) is 19.3 Å². The van der Waals surface area contributed by atoms with E-state index in [0.717, 1.165) is 11.9 Å². The first-order valence-corrected chi connectivity index (χ1v) is 7.22. The van der Waals surface area contributed by atoms with E-state index < -0.39 is 6.09 Å². The van der Waals surface area contributed by atoms with Gasteiger partial charge >= 0.3 is 6.09 Å². The lowest BCUT2D eigenvalue weighted by atomic mass is 10.1. The van der Waals surface area contributed by atoms with Crippen LogP contribution in [0.25, 0.3) is 0 Å². The van der Waals surface area contributed by atoms with E-state index in [0.29, 0.717) is 13.0 Å². The van der Waals surface area contributed by atoms with Crippen LogP contribution in [-0.4, -0.2) is 48.4 Å². The molecule has 118 valence electrons. The van der Waals surface area contributed by atoms with Gasteiger partial charge in [0.15, 0.2) is 0 Å². The molecule has 2 atom stereocenters. The van der Waals surface area contributed by atoms with Gasteiger partial charge in [0.1, 0.15) is 18.9 Å². The topological polar surface area (TPSA) is 75.7 Å². The highest BCUT2D eigenvalue weighted by Gasteiger charge is 2.31. The van der Waals surface area contributed by atoms with Crippen molar-refractivity contribution in [2.45, 2.75) is 45.8 Å². The quantitative estimate of drug-likeness (QED) is 0.595. The first-order valence-electron chi connectivity index (χ1n) is 7.22. The summed E-state index contributed by atoms with van der Waals surface area (Å²) in [5.74, 6) is -0.0139. The Kier molecular flexibility index (Phi) is 6.39. The molecular formula is C15H24N2O4. The van der Waals surface area contributed by atoms with E-state index in [-0.39, 0.29) is 36.9 Å². The SMILES string of the molecule is C=C1CCN(C(=O)CNC(=O)OC(C)C(C)C)[C@@H]1CC=O. The molecule has 2 amide bonds. The van der Waals surface area contributed by atoms with E-state index in [4.69, 9.17) is 4.74 Å². The Morgan fingerprint density at radius 2 is 2.14 bits per heavy atom. The third-order valence-electron chi connectivity index (χ3n) is 3.78. The van der Waals surface area contributed by atoms with Crippen LogP contribution in [0.3, 0.4) is 0 Å². The summed E-state index contributed by atoms with van der Waals surface area (Å²) in [6.45, 7) is 9.98. The average molecular weight is 296 g/mol.